The third-order valence-corrected chi connectivity index (χ3v) is 9.63. The molecule has 1 aromatic rings. The number of thioether (sulfide) groups is 1. The minimum atomic E-state index is -3.86. The Balaban J connectivity index is 1.71. The highest BCUT2D eigenvalue weighted by Gasteiger charge is 2.27. The fourth-order valence-corrected chi connectivity index (χ4v) is 7.30. The lowest BCUT2D eigenvalue weighted by atomic mass is 10.0. The molecule has 2 N–H and O–H groups in total. The van der Waals surface area contributed by atoms with Gasteiger partial charge in [0.15, 0.2) is 5.82 Å². The van der Waals surface area contributed by atoms with Crippen LogP contribution in [0.3, 0.4) is 0 Å². The van der Waals surface area contributed by atoms with E-state index < -0.39 is 15.7 Å². The lowest BCUT2D eigenvalue weighted by Crippen LogP contribution is -2.28. The summed E-state index contributed by atoms with van der Waals surface area (Å²) >= 11 is 3.27. The Hall–Kier alpha value is -1.88. The zero-order valence-corrected chi connectivity index (χ0v) is 20.2. The molecule has 4 rings (SSSR count). The molecule has 31 heavy (non-hydrogen) atoms. The molecular weight excluding hydrogens is 452 g/mol. The third kappa shape index (κ3) is 4.67. The van der Waals surface area contributed by atoms with Gasteiger partial charge in [0.1, 0.15) is 5.69 Å². The maximum Gasteiger partial charge on any atom is 0.354 e. The number of benzene rings is 1. The second kappa shape index (κ2) is 8.93. The van der Waals surface area contributed by atoms with E-state index in [1.807, 2.05) is 20.8 Å². The van der Waals surface area contributed by atoms with Crippen LogP contribution in [0.25, 0.3) is 5.69 Å². The SMILES string of the molecule is Cc1ccc(S(=O)(=O)Nc2nc(=O)n3c(C)c(C)sc(SCC4CCNCC4)c2-3)cc1. The minimum Gasteiger partial charge on any atom is -0.317 e. The van der Waals surface area contributed by atoms with Gasteiger partial charge in [-0.1, -0.05) is 17.7 Å². The second-order valence-electron chi connectivity index (χ2n) is 7.88. The van der Waals surface area contributed by atoms with Crippen LogP contribution >= 0.6 is 23.1 Å². The van der Waals surface area contributed by atoms with E-state index in [0.29, 0.717) is 11.6 Å². The van der Waals surface area contributed by atoms with Gasteiger partial charge >= 0.3 is 5.69 Å². The van der Waals surface area contributed by atoms with Gasteiger partial charge in [0, 0.05) is 16.3 Å². The van der Waals surface area contributed by atoms with Crippen molar-refractivity contribution in [2.75, 3.05) is 23.6 Å². The molecule has 0 atom stereocenters. The highest BCUT2D eigenvalue weighted by atomic mass is 32.2. The van der Waals surface area contributed by atoms with Crippen LogP contribution in [0.4, 0.5) is 5.82 Å². The van der Waals surface area contributed by atoms with Crippen LogP contribution in [0.1, 0.15) is 29.0 Å². The van der Waals surface area contributed by atoms with E-state index in [0.717, 1.165) is 52.0 Å². The Bertz CT molecular complexity index is 1210. The molecule has 3 aliphatic rings. The predicted molar refractivity (Wildman–Crippen MR) is 127 cm³/mol. The lowest BCUT2D eigenvalue weighted by molar-refractivity contribution is 0.408. The number of hydrogen-bond donors (Lipinski definition) is 2. The number of nitrogens with one attached hydrogen (secondary N) is 2. The summed E-state index contributed by atoms with van der Waals surface area (Å²) in [5, 5.41) is 3.38. The van der Waals surface area contributed by atoms with E-state index in [4.69, 9.17) is 0 Å². The van der Waals surface area contributed by atoms with Crippen molar-refractivity contribution >= 4 is 38.9 Å². The number of piperidine rings is 1. The summed E-state index contributed by atoms with van der Waals surface area (Å²) in [5.41, 5.74) is 1.84. The molecule has 0 saturated carbocycles. The average molecular weight is 479 g/mol. The van der Waals surface area contributed by atoms with Gasteiger partial charge in [-0.15, -0.1) is 23.1 Å². The molecular formula is C21H26N4O3S3. The monoisotopic (exact) mass is 478 g/mol. The number of imidazole rings is 1. The predicted octanol–water partition coefficient (Wildman–Crippen LogP) is 3.55. The molecule has 10 heteroatoms. The van der Waals surface area contributed by atoms with E-state index in [9.17, 15) is 13.2 Å². The molecule has 0 spiro atoms. The van der Waals surface area contributed by atoms with Crippen LogP contribution in [0.2, 0.25) is 0 Å². The fraction of sp³-hybridized carbons (Fsp3) is 0.429. The summed E-state index contributed by atoms with van der Waals surface area (Å²) < 4.78 is 30.9. The Morgan fingerprint density at radius 1 is 1.19 bits per heavy atom. The zero-order chi connectivity index (χ0) is 22.2. The average Bonchev–Trinajstić information content (AvgIpc) is 3.06. The smallest absolute Gasteiger partial charge is 0.317 e. The van der Waals surface area contributed by atoms with Gasteiger partial charge in [-0.05, 0) is 64.8 Å². The van der Waals surface area contributed by atoms with Crippen LogP contribution in [0.5, 0.6) is 0 Å². The minimum absolute atomic E-state index is 0.0951. The molecule has 1 aromatic carbocycles. The molecule has 0 aromatic heterocycles. The number of aromatic nitrogens is 2. The van der Waals surface area contributed by atoms with Gasteiger partial charge in [-0.25, -0.2) is 13.2 Å². The van der Waals surface area contributed by atoms with Crippen molar-refractivity contribution in [3.63, 3.8) is 0 Å². The van der Waals surface area contributed by atoms with E-state index >= 15 is 0 Å². The van der Waals surface area contributed by atoms with Gasteiger partial charge < -0.3 is 5.32 Å². The highest BCUT2D eigenvalue weighted by Crippen LogP contribution is 2.39. The first-order chi connectivity index (χ1) is 14.8. The van der Waals surface area contributed by atoms with Crippen LogP contribution in [0.15, 0.2) is 38.2 Å². The molecule has 0 unspecified atom stereocenters. The molecule has 0 bridgehead atoms. The summed E-state index contributed by atoms with van der Waals surface area (Å²) in [7, 11) is -3.86. The van der Waals surface area contributed by atoms with Gasteiger partial charge in [0.2, 0.25) is 0 Å². The Labute approximate surface area is 190 Å². The van der Waals surface area contributed by atoms with Crippen molar-refractivity contribution in [1.29, 1.82) is 0 Å². The molecule has 1 saturated heterocycles. The quantitative estimate of drug-likeness (QED) is 0.527. The normalized spacial score (nSPS) is 15.5. The van der Waals surface area contributed by atoms with Crippen LogP contribution < -0.4 is 15.7 Å². The van der Waals surface area contributed by atoms with E-state index in [1.165, 1.54) is 4.57 Å². The van der Waals surface area contributed by atoms with Crippen molar-refractivity contribution in [3.8, 4) is 5.69 Å². The molecule has 0 amide bonds. The van der Waals surface area contributed by atoms with Crippen molar-refractivity contribution in [2.45, 2.75) is 42.7 Å². The Morgan fingerprint density at radius 2 is 1.87 bits per heavy atom. The zero-order valence-electron chi connectivity index (χ0n) is 17.8. The van der Waals surface area contributed by atoms with Crippen LogP contribution in [0, 0.1) is 26.7 Å². The molecule has 0 aliphatic carbocycles. The Morgan fingerprint density at radius 3 is 2.55 bits per heavy atom. The topological polar surface area (TPSA) is 93.1 Å². The first-order valence-corrected chi connectivity index (χ1v) is 13.5. The molecule has 166 valence electrons. The van der Waals surface area contributed by atoms with E-state index in [1.54, 1.807) is 47.4 Å². The van der Waals surface area contributed by atoms with Crippen molar-refractivity contribution < 1.29 is 8.42 Å². The van der Waals surface area contributed by atoms with Crippen molar-refractivity contribution in [1.82, 2.24) is 14.9 Å². The van der Waals surface area contributed by atoms with Gasteiger partial charge in [-0.3, -0.25) is 9.29 Å². The largest absolute Gasteiger partial charge is 0.354 e. The third-order valence-electron chi connectivity index (χ3n) is 5.60. The number of sulfonamides is 1. The van der Waals surface area contributed by atoms with Crippen LogP contribution in [-0.4, -0.2) is 36.8 Å². The van der Waals surface area contributed by atoms with Crippen molar-refractivity contribution in [2.24, 2.45) is 5.92 Å². The summed E-state index contributed by atoms with van der Waals surface area (Å²) in [5.74, 6) is 1.63. The fourth-order valence-electron chi connectivity index (χ4n) is 3.63. The number of aryl methyl sites for hydroxylation is 2. The summed E-state index contributed by atoms with van der Waals surface area (Å²) in [6, 6.07) is 6.60. The highest BCUT2D eigenvalue weighted by molar-refractivity contribution is 8.01. The van der Waals surface area contributed by atoms with Crippen LogP contribution in [-0.2, 0) is 10.0 Å². The molecule has 0 radical (unpaired) electrons. The first kappa shape index (κ1) is 22.3. The number of hydrogen-bond acceptors (Lipinski definition) is 7. The molecule has 3 aliphatic heterocycles. The maximum atomic E-state index is 13.0. The maximum absolute atomic E-state index is 13.0. The van der Waals surface area contributed by atoms with Crippen molar-refractivity contribution in [3.05, 3.63) is 50.9 Å². The number of fused-ring (bicyclic) bond motifs is 1. The molecule has 7 nitrogen and oxygen atoms in total. The second-order valence-corrected chi connectivity index (χ2v) is 12.1. The van der Waals surface area contributed by atoms with Gasteiger partial charge in [0.05, 0.1) is 9.10 Å². The number of nitrogens with zero attached hydrogens (tertiary/aromatic N) is 2. The number of anilines is 1. The van der Waals surface area contributed by atoms with Gasteiger partial charge in [0.25, 0.3) is 10.0 Å². The molecule has 3 heterocycles. The summed E-state index contributed by atoms with van der Waals surface area (Å²) in [6.07, 6.45) is 2.25. The van der Waals surface area contributed by atoms with E-state index in [-0.39, 0.29) is 10.7 Å². The molecule has 1 fully saturated rings. The Kier molecular flexibility index (Phi) is 6.43. The lowest BCUT2D eigenvalue weighted by Gasteiger charge is -2.23. The summed E-state index contributed by atoms with van der Waals surface area (Å²) in [4.78, 5) is 17.9. The van der Waals surface area contributed by atoms with E-state index in [2.05, 4.69) is 15.0 Å². The van der Waals surface area contributed by atoms with Gasteiger partial charge in [-0.2, -0.15) is 4.98 Å². The summed E-state index contributed by atoms with van der Waals surface area (Å²) in [6.45, 7) is 7.78. The first-order valence-electron chi connectivity index (χ1n) is 10.2. The standard InChI is InChI=1S/C21H26N4O3S3/c1-13-4-6-17(7-5-13)31(27,28)24-19-18-20(29-12-16-8-10-22-11-9-16)30-15(3)14(2)25(18)21(26)23-19/h4-7,16,22H,8-12H2,1-3H3,(H,23,24,26). The number of rotatable bonds is 6.